The summed E-state index contributed by atoms with van der Waals surface area (Å²) in [7, 11) is 0. The van der Waals surface area contributed by atoms with Crippen molar-refractivity contribution in [3.05, 3.63) is 41.5 Å². The van der Waals surface area contributed by atoms with E-state index in [0.29, 0.717) is 0 Å². The first-order valence-corrected chi connectivity index (χ1v) is 9.76. The first-order valence-electron chi connectivity index (χ1n) is 9.76. The highest BCUT2D eigenvalue weighted by molar-refractivity contribution is 5.50. The van der Waals surface area contributed by atoms with Gasteiger partial charge in [0.2, 0.25) is 0 Å². The number of rotatable bonds is 4. The van der Waals surface area contributed by atoms with Crippen molar-refractivity contribution in [3.8, 4) is 0 Å². The van der Waals surface area contributed by atoms with Crippen LogP contribution >= 0.6 is 0 Å². The van der Waals surface area contributed by atoms with Gasteiger partial charge in [-0.1, -0.05) is 57.2 Å². The zero-order chi connectivity index (χ0) is 17.0. The fourth-order valence-corrected chi connectivity index (χ4v) is 4.01. The molecule has 0 N–H and O–H groups in total. The largest absolute Gasteiger partial charge is 0.300 e. The monoisotopic (exact) mass is 326 g/mol. The summed E-state index contributed by atoms with van der Waals surface area (Å²) in [6.45, 7) is 13.1. The average Bonchev–Trinajstić information content (AvgIpc) is 3.10. The third kappa shape index (κ3) is 4.70. The van der Waals surface area contributed by atoms with Crippen LogP contribution in [0.3, 0.4) is 0 Å². The van der Waals surface area contributed by atoms with E-state index in [2.05, 4.69) is 67.0 Å². The molecule has 3 rings (SSSR count). The fraction of sp³-hybridized carbons (Fsp3) is 0.636. The lowest BCUT2D eigenvalue weighted by atomic mass is 9.87. The molecule has 0 unspecified atom stereocenters. The second kappa shape index (κ2) is 7.84. The van der Waals surface area contributed by atoms with Gasteiger partial charge in [-0.05, 0) is 68.4 Å². The molecule has 2 heterocycles. The smallest absolute Gasteiger partial charge is 0.0166 e. The molecule has 1 aromatic carbocycles. The molecule has 0 spiro atoms. The van der Waals surface area contributed by atoms with Gasteiger partial charge in [0, 0.05) is 12.6 Å². The van der Waals surface area contributed by atoms with E-state index < -0.39 is 0 Å². The molecule has 0 aromatic heterocycles. The van der Waals surface area contributed by atoms with E-state index in [1.54, 1.807) is 0 Å². The number of piperidine rings is 1. The maximum atomic E-state index is 2.73. The first-order chi connectivity index (χ1) is 11.5. The third-order valence-electron chi connectivity index (χ3n) is 5.66. The lowest BCUT2D eigenvalue weighted by Gasteiger charge is -2.36. The van der Waals surface area contributed by atoms with Crippen LogP contribution in [0, 0.1) is 0 Å². The summed E-state index contributed by atoms with van der Waals surface area (Å²) in [5.74, 6) is 0. The van der Waals surface area contributed by atoms with Gasteiger partial charge in [-0.25, -0.2) is 0 Å². The van der Waals surface area contributed by atoms with Gasteiger partial charge in [0.15, 0.2) is 0 Å². The summed E-state index contributed by atoms with van der Waals surface area (Å²) in [5, 5.41) is 0. The molecule has 132 valence electrons. The zero-order valence-electron chi connectivity index (χ0n) is 15.8. The summed E-state index contributed by atoms with van der Waals surface area (Å²) < 4.78 is 0. The van der Waals surface area contributed by atoms with Gasteiger partial charge in [-0.3, -0.25) is 4.90 Å². The summed E-state index contributed by atoms with van der Waals surface area (Å²) in [4.78, 5) is 5.33. The van der Waals surface area contributed by atoms with E-state index in [1.165, 1.54) is 63.0 Å². The van der Waals surface area contributed by atoms with Gasteiger partial charge in [0.1, 0.15) is 0 Å². The van der Waals surface area contributed by atoms with Crippen molar-refractivity contribution in [3.63, 3.8) is 0 Å². The van der Waals surface area contributed by atoms with Crippen molar-refractivity contribution < 1.29 is 0 Å². The molecule has 0 saturated carbocycles. The summed E-state index contributed by atoms with van der Waals surface area (Å²) in [6, 6.07) is 9.88. The molecular formula is C22H34N2. The minimum Gasteiger partial charge on any atom is -0.300 e. The minimum atomic E-state index is 0.238. The van der Waals surface area contributed by atoms with Crippen molar-refractivity contribution in [2.75, 3.05) is 32.7 Å². The number of nitrogens with zero attached hydrogens (tertiary/aromatic N) is 2. The molecule has 24 heavy (non-hydrogen) atoms. The maximum Gasteiger partial charge on any atom is 0.0166 e. The molecule has 2 nitrogen and oxygen atoms in total. The Morgan fingerprint density at radius 1 is 0.958 bits per heavy atom. The molecule has 1 aromatic rings. The Morgan fingerprint density at radius 3 is 2.17 bits per heavy atom. The number of likely N-dealkylation sites (tertiary alicyclic amines) is 2. The Bertz CT molecular complexity index is 524. The number of hydrogen-bond donors (Lipinski definition) is 0. The van der Waals surface area contributed by atoms with E-state index in [9.17, 15) is 0 Å². The van der Waals surface area contributed by atoms with Crippen molar-refractivity contribution in [1.29, 1.82) is 0 Å². The standard InChI is InChI=1S/C22H34N2/c1-22(2,3)20-10-8-19(9-11-20)7-6-14-23-17-12-21(13-18-23)24-15-4-5-16-24/h6-11,21H,4-5,12-18H2,1-3H3/b7-6+. The van der Waals surface area contributed by atoms with Gasteiger partial charge in [0.05, 0.1) is 0 Å². The number of hydrogen-bond acceptors (Lipinski definition) is 2. The molecule has 0 amide bonds. The highest BCUT2D eigenvalue weighted by Gasteiger charge is 2.25. The van der Waals surface area contributed by atoms with Crippen LogP contribution in [0.1, 0.15) is 57.6 Å². The quantitative estimate of drug-likeness (QED) is 0.800. The van der Waals surface area contributed by atoms with Crippen LogP contribution in [0.15, 0.2) is 30.3 Å². The van der Waals surface area contributed by atoms with Gasteiger partial charge >= 0.3 is 0 Å². The molecule has 2 heteroatoms. The molecule has 2 fully saturated rings. The van der Waals surface area contributed by atoms with E-state index in [1.807, 2.05) is 0 Å². The average molecular weight is 327 g/mol. The number of benzene rings is 1. The lowest BCUT2D eigenvalue weighted by molar-refractivity contribution is 0.135. The van der Waals surface area contributed by atoms with Gasteiger partial charge in [0.25, 0.3) is 0 Å². The Morgan fingerprint density at radius 2 is 1.58 bits per heavy atom. The predicted octanol–water partition coefficient (Wildman–Crippen LogP) is 4.56. The van der Waals surface area contributed by atoms with Crippen molar-refractivity contribution in [1.82, 2.24) is 9.80 Å². The van der Waals surface area contributed by atoms with Gasteiger partial charge in [-0.2, -0.15) is 0 Å². The first kappa shape index (κ1) is 17.7. The molecule has 2 aliphatic rings. The molecule has 0 radical (unpaired) electrons. The van der Waals surface area contributed by atoms with E-state index >= 15 is 0 Å². The van der Waals surface area contributed by atoms with Gasteiger partial charge in [-0.15, -0.1) is 0 Å². The van der Waals surface area contributed by atoms with Crippen LogP contribution < -0.4 is 0 Å². The van der Waals surface area contributed by atoms with Crippen LogP contribution in [-0.4, -0.2) is 48.6 Å². The van der Waals surface area contributed by atoms with Crippen LogP contribution in [0.4, 0.5) is 0 Å². The van der Waals surface area contributed by atoms with E-state index in [-0.39, 0.29) is 5.41 Å². The second-order valence-electron chi connectivity index (χ2n) is 8.55. The summed E-state index contributed by atoms with van der Waals surface area (Å²) in [5.41, 5.74) is 2.96. The van der Waals surface area contributed by atoms with Crippen LogP contribution in [0.2, 0.25) is 0 Å². The van der Waals surface area contributed by atoms with E-state index in [0.717, 1.165) is 12.6 Å². The SMILES string of the molecule is CC(C)(C)c1ccc(/C=C/CN2CCC(N3CCCC3)CC2)cc1. The molecule has 0 atom stereocenters. The molecule has 0 bridgehead atoms. The van der Waals surface area contributed by atoms with Crippen molar-refractivity contribution >= 4 is 6.08 Å². The Kier molecular flexibility index (Phi) is 5.78. The van der Waals surface area contributed by atoms with Crippen LogP contribution in [0.5, 0.6) is 0 Å². The zero-order valence-corrected chi connectivity index (χ0v) is 15.8. The highest BCUT2D eigenvalue weighted by Crippen LogP contribution is 2.23. The second-order valence-corrected chi connectivity index (χ2v) is 8.55. The van der Waals surface area contributed by atoms with Crippen molar-refractivity contribution in [2.45, 2.75) is 57.9 Å². The molecule has 2 saturated heterocycles. The summed E-state index contributed by atoms with van der Waals surface area (Å²) >= 11 is 0. The summed E-state index contributed by atoms with van der Waals surface area (Å²) in [6.07, 6.45) is 10.2. The van der Waals surface area contributed by atoms with Crippen LogP contribution in [0.25, 0.3) is 6.08 Å². The van der Waals surface area contributed by atoms with Crippen molar-refractivity contribution in [2.24, 2.45) is 0 Å². The Labute approximate surface area is 148 Å². The molecule has 0 aliphatic carbocycles. The normalized spacial score (nSPS) is 21.8. The Hall–Kier alpha value is -1.12. The highest BCUT2D eigenvalue weighted by atomic mass is 15.2. The van der Waals surface area contributed by atoms with E-state index in [4.69, 9.17) is 0 Å². The van der Waals surface area contributed by atoms with Crippen LogP contribution in [-0.2, 0) is 5.41 Å². The minimum absolute atomic E-state index is 0.238. The van der Waals surface area contributed by atoms with Gasteiger partial charge < -0.3 is 4.90 Å². The fourth-order valence-electron chi connectivity index (χ4n) is 4.01. The molecular weight excluding hydrogens is 292 g/mol. The Balaban J connectivity index is 1.43. The maximum absolute atomic E-state index is 2.73. The topological polar surface area (TPSA) is 6.48 Å². The lowest BCUT2D eigenvalue weighted by Crippen LogP contribution is -2.43. The third-order valence-corrected chi connectivity index (χ3v) is 5.66. The predicted molar refractivity (Wildman–Crippen MR) is 104 cm³/mol. The molecule has 2 aliphatic heterocycles.